The van der Waals surface area contributed by atoms with E-state index in [0.29, 0.717) is 0 Å². The van der Waals surface area contributed by atoms with Gasteiger partial charge in [-0.3, -0.25) is 14.3 Å². The number of aromatic nitrogens is 2. The molecule has 128 valence electrons. The highest BCUT2D eigenvalue weighted by atomic mass is 32.2. The maximum Gasteiger partial charge on any atom is 0.263 e. The van der Waals surface area contributed by atoms with Crippen LogP contribution in [0.4, 0.5) is 0 Å². The minimum Gasteiger partial charge on any atom is -0.294 e. The lowest BCUT2D eigenvalue weighted by Crippen LogP contribution is -2.30. The summed E-state index contributed by atoms with van der Waals surface area (Å²) in [7, 11) is 0. The second kappa shape index (κ2) is 6.27. The molecule has 25 heavy (non-hydrogen) atoms. The normalized spacial score (nSPS) is 17.4. The predicted molar refractivity (Wildman–Crippen MR) is 103 cm³/mol. The third-order valence-electron chi connectivity index (χ3n) is 5.01. The van der Waals surface area contributed by atoms with E-state index >= 15 is 0 Å². The Morgan fingerprint density at radius 2 is 2.04 bits per heavy atom. The molecule has 3 aromatic rings. The van der Waals surface area contributed by atoms with E-state index in [1.807, 2.05) is 4.57 Å². The molecule has 0 N–H and O–H groups in total. The number of thiophene rings is 1. The van der Waals surface area contributed by atoms with Crippen LogP contribution in [0.3, 0.4) is 0 Å². The molecule has 2 aliphatic heterocycles. The number of nitrogens with zero attached hydrogens (tertiary/aromatic N) is 3. The van der Waals surface area contributed by atoms with Crippen molar-refractivity contribution in [2.75, 3.05) is 12.3 Å². The van der Waals surface area contributed by atoms with Crippen molar-refractivity contribution in [1.82, 2.24) is 14.5 Å². The Labute approximate surface area is 154 Å². The monoisotopic (exact) mass is 369 g/mol. The maximum atomic E-state index is 13.0. The third kappa shape index (κ3) is 2.72. The van der Waals surface area contributed by atoms with Gasteiger partial charge in [-0.2, -0.15) is 0 Å². The van der Waals surface area contributed by atoms with E-state index in [2.05, 4.69) is 35.2 Å². The summed E-state index contributed by atoms with van der Waals surface area (Å²) in [4.78, 5) is 22.5. The standard InChI is InChI=1S/C19H19N3OS2/c23-18-16-14-7-9-21(11-13-5-2-1-3-6-13)12-15(14)25-17(16)20-19-22(18)8-4-10-24-19/h1-3,5-6H,4,7-12H2. The summed E-state index contributed by atoms with van der Waals surface area (Å²) < 4.78 is 1.89. The summed E-state index contributed by atoms with van der Waals surface area (Å²) in [6, 6.07) is 10.6. The summed E-state index contributed by atoms with van der Waals surface area (Å²) in [5, 5.41) is 1.80. The van der Waals surface area contributed by atoms with Crippen LogP contribution in [0.1, 0.15) is 22.4 Å². The summed E-state index contributed by atoms with van der Waals surface area (Å²) in [6.07, 6.45) is 2.01. The lowest BCUT2D eigenvalue weighted by atomic mass is 10.0. The van der Waals surface area contributed by atoms with Crippen molar-refractivity contribution in [1.29, 1.82) is 0 Å². The fourth-order valence-corrected chi connectivity index (χ4v) is 6.03. The first-order valence-corrected chi connectivity index (χ1v) is 10.5. The molecule has 0 atom stereocenters. The zero-order chi connectivity index (χ0) is 16.8. The van der Waals surface area contributed by atoms with Crippen LogP contribution in [0.2, 0.25) is 0 Å². The zero-order valence-corrected chi connectivity index (χ0v) is 15.5. The van der Waals surface area contributed by atoms with Crippen molar-refractivity contribution in [3.05, 3.63) is 56.7 Å². The SMILES string of the molecule is O=c1c2c3c(sc2nc2n1CCCS2)CN(Cc1ccccc1)CC3. The van der Waals surface area contributed by atoms with Crippen LogP contribution in [-0.2, 0) is 26.1 Å². The molecule has 2 aromatic heterocycles. The van der Waals surface area contributed by atoms with Crippen molar-refractivity contribution in [2.45, 2.75) is 37.6 Å². The van der Waals surface area contributed by atoms with Crippen LogP contribution >= 0.6 is 23.1 Å². The van der Waals surface area contributed by atoms with Gasteiger partial charge in [0.2, 0.25) is 0 Å². The van der Waals surface area contributed by atoms with E-state index in [0.717, 1.165) is 60.1 Å². The first-order chi connectivity index (χ1) is 12.3. The van der Waals surface area contributed by atoms with Crippen LogP contribution in [0.25, 0.3) is 10.2 Å². The number of benzene rings is 1. The molecule has 0 spiro atoms. The van der Waals surface area contributed by atoms with E-state index < -0.39 is 0 Å². The lowest BCUT2D eigenvalue weighted by Gasteiger charge is -2.26. The number of hydrogen-bond acceptors (Lipinski definition) is 5. The fraction of sp³-hybridized carbons (Fsp3) is 0.368. The van der Waals surface area contributed by atoms with Gasteiger partial charge in [0.25, 0.3) is 5.56 Å². The number of rotatable bonds is 2. The van der Waals surface area contributed by atoms with Gasteiger partial charge in [-0.05, 0) is 24.0 Å². The van der Waals surface area contributed by atoms with Crippen molar-refractivity contribution in [2.24, 2.45) is 0 Å². The molecule has 0 saturated carbocycles. The molecule has 6 heteroatoms. The van der Waals surface area contributed by atoms with Crippen LogP contribution in [0.5, 0.6) is 0 Å². The van der Waals surface area contributed by atoms with Crippen LogP contribution in [-0.4, -0.2) is 26.7 Å². The molecule has 5 rings (SSSR count). The fourth-order valence-electron chi connectivity index (χ4n) is 3.78. The number of thioether (sulfide) groups is 1. The minimum absolute atomic E-state index is 0.182. The lowest BCUT2D eigenvalue weighted by molar-refractivity contribution is 0.249. The smallest absolute Gasteiger partial charge is 0.263 e. The molecule has 0 fully saturated rings. The second-order valence-electron chi connectivity index (χ2n) is 6.68. The Morgan fingerprint density at radius 3 is 2.92 bits per heavy atom. The highest BCUT2D eigenvalue weighted by Gasteiger charge is 2.25. The van der Waals surface area contributed by atoms with E-state index in [-0.39, 0.29) is 5.56 Å². The zero-order valence-electron chi connectivity index (χ0n) is 13.9. The van der Waals surface area contributed by atoms with Crippen molar-refractivity contribution in [3.63, 3.8) is 0 Å². The van der Waals surface area contributed by atoms with Crippen molar-refractivity contribution >= 4 is 33.3 Å². The molecule has 0 unspecified atom stereocenters. The van der Waals surface area contributed by atoms with Gasteiger partial charge in [-0.25, -0.2) is 4.98 Å². The van der Waals surface area contributed by atoms with Crippen LogP contribution < -0.4 is 5.56 Å². The number of hydrogen-bond donors (Lipinski definition) is 0. The molecule has 0 saturated heterocycles. The van der Waals surface area contributed by atoms with E-state index in [1.165, 1.54) is 16.0 Å². The number of fused-ring (bicyclic) bond motifs is 4. The summed E-state index contributed by atoms with van der Waals surface area (Å²) in [5.41, 5.74) is 2.78. The minimum atomic E-state index is 0.182. The van der Waals surface area contributed by atoms with Gasteiger partial charge in [-0.15, -0.1) is 11.3 Å². The van der Waals surface area contributed by atoms with E-state index in [9.17, 15) is 4.79 Å². The topological polar surface area (TPSA) is 38.1 Å². The molecule has 0 amide bonds. The van der Waals surface area contributed by atoms with E-state index in [4.69, 9.17) is 4.98 Å². The van der Waals surface area contributed by atoms with Crippen molar-refractivity contribution in [3.8, 4) is 0 Å². The predicted octanol–water partition coefficient (Wildman–Crippen LogP) is 3.51. The Kier molecular flexibility index (Phi) is 3.91. The first-order valence-electron chi connectivity index (χ1n) is 8.74. The molecule has 2 aliphatic rings. The van der Waals surface area contributed by atoms with Gasteiger partial charge in [0.15, 0.2) is 5.16 Å². The molecular weight excluding hydrogens is 350 g/mol. The Hall–Kier alpha value is -1.63. The summed E-state index contributed by atoms with van der Waals surface area (Å²) in [5.74, 6) is 1.06. The highest BCUT2D eigenvalue weighted by molar-refractivity contribution is 7.99. The highest BCUT2D eigenvalue weighted by Crippen LogP contribution is 2.34. The van der Waals surface area contributed by atoms with Gasteiger partial charge in [0, 0.05) is 36.8 Å². The second-order valence-corrected chi connectivity index (χ2v) is 8.83. The molecule has 0 bridgehead atoms. The molecule has 4 heterocycles. The van der Waals surface area contributed by atoms with Gasteiger partial charge in [-0.1, -0.05) is 42.1 Å². The Morgan fingerprint density at radius 1 is 1.16 bits per heavy atom. The first kappa shape index (κ1) is 15.6. The average molecular weight is 370 g/mol. The van der Waals surface area contributed by atoms with Gasteiger partial charge in [0.1, 0.15) is 4.83 Å². The summed E-state index contributed by atoms with van der Waals surface area (Å²) >= 11 is 3.44. The molecule has 0 aliphatic carbocycles. The van der Waals surface area contributed by atoms with Gasteiger partial charge < -0.3 is 0 Å². The van der Waals surface area contributed by atoms with Crippen LogP contribution in [0.15, 0.2) is 40.3 Å². The summed E-state index contributed by atoms with van der Waals surface area (Å²) in [6.45, 7) is 3.71. The van der Waals surface area contributed by atoms with Gasteiger partial charge >= 0.3 is 0 Å². The molecule has 0 radical (unpaired) electrons. The quantitative estimate of drug-likeness (QED) is 0.648. The van der Waals surface area contributed by atoms with Gasteiger partial charge in [0.05, 0.1) is 5.39 Å². The Balaban J connectivity index is 1.51. The largest absolute Gasteiger partial charge is 0.294 e. The Bertz CT molecular complexity index is 993. The van der Waals surface area contributed by atoms with Crippen LogP contribution in [0, 0.1) is 0 Å². The molecule has 1 aromatic carbocycles. The van der Waals surface area contributed by atoms with E-state index in [1.54, 1.807) is 23.1 Å². The maximum absolute atomic E-state index is 13.0. The third-order valence-corrected chi connectivity index (χ3v) is 7.18. The molecule has 4 nitrogen and oxygen atoms in total. The average Bonchev–Trinajstić information content (AvgIpc) is 3.00. The van der Waals surface area contributed by atoms with Crippen molar-refractivity contribution < 1.29 is 0 Å². The molecular formula is C19H19N3OS2.